The summed E-state index contributed by atoms with van der Waals surface area (Å²) in [5, 5.41) is 0. The van der Waals surface area contributed by atoms with E-state index in [1.165, 1.54) is 5.56 Å². The largest absolute Gasteiger partial charge is 0.368 e. The lowest BCUT2D eigenvalue weighted by molar-refractivity contribution is 0.808. The molecule has 94 valence electrons. The average molecular weight is 307 g/mol. The smallest absolute Gasteiger partial charge is 0.222 e. The second kappa shape index (κ2) is 5.82. The summed E-state index contributed by atoms with van der Waals surface area (Å²) in [5.74, 6) is 1.12. The van der Waals surface area contributed by atoms with Crippen LogP contribution in [0.2, 0.25) is 0 Å². The predicted octanol–water partition coefficient (Wildman–Crippen LogP) is 2.85. The number of benzene rings is 1. The van der Waals surface area contributed by atoms with Crippen LogP contribution < -0.4 is 10.6 Å². The molecule has 0 aliphatic heterocycles. The third kappa shape index (κ3) is 2.98. The second-order valence-electron chi connectivity index (χ2n) is 3.90. The van der Waals surface area contributed by atoms with E-state index in [1.807, 2.05) is 18.2 Å². The first kappa shape index (κ1) is 12.8. The maximum atomic E-state index is 5.64. The Hall–Kier alpha value is -1.62. The molecule has 0 bridgehead atoms. The van der Waals surface area contributed by atoms with Crippen LogP contribution in [0, 0.1) is 0 Å². The zero-order chi connectivity index (χ0) is 13.0. The van der Waals surface area contributed by atoms with Gasteiger partial charge in [0.1, 0.15) is 5.82 Å². The SMILES string of the molecule is CCN(Cc1ccccc1)c1nc(N)ncc1Br. The zero-order valence-electron chi connectivity index (χ0n) is 10.2. The van der Waals surface area contributed by atoms with Gasteiger partial charge in [0.05, 0.1) is 4.47 Å². The van der Waals surface area contributed by atoms with E-state index in [0.717, 1.165) is 23.4 Å². The lowest BCUT2D eigenvalue weighted by atomic mass is 10.2. The number of aromatic nitrogens is 2. The van der Waals surface area contributed by atoms with Crippen molar-refractivity contribution in [2.75, 3.05) is 17.2 Å². The first-order valence-corrected chi connectivity index (χ1v) is 6.57. The normalized spacial score (nSPS) is 10.3. The van der Waals surface area contributed by atoms with E-state index in [9.17, 15) is 0 Å². The maximum Gasteiger partial charge on any atom is 0.222 e. The lowest BCUT2D eigenvalue weighted by Gasteiger charge is -2.23. The number of nitrogens with zero attached hydrogens (tertiary/aromatic N) is 3. The van der Waals surface area contributed by atoms with E-state index in [1.54, 1.807) is 6.20 Å². The number of hydrogen-bond donors (Lipinski definition) is 1. The molecule has 0 spiro atoms. The van der Waals surface area contributed by atoms with E-state index in [4.69, 9.17) is 5.73 Å². The minimum absolute atomic E-state index is 0.291. The number of nitrogen functional groups attached to an aromatic ring is 1. The Morgan fingerprint density at radius 3 is 2.67 bits per heavy atom. The molecule has 2 rings (SSSR count). The summed E-state index contributed by atoms with van der Waals surface area (Å²) < 4.78 is 0.856. The fourth-order valence-corrected chi connectivity index (χ4v) is 2.18. The van der Waals surface area contributed by atoms with Crippen LogP contribution in [0.5, 0.6) is 0 Å². The van der Waals surface area contributed by atoms with Crippen LogP contribution in [0.3, 0.4) is 0 Å². The molecule has 18 heavy (non-hydrogen) atoms. The first-order chi connectivity index (χ1) is 8.70. The summed E-state index contributed by atoms with van der Waals surface area (Å²) in [6.07, 6.45) is 1.69. The van der Waals surface area contributed by atoms with Gasteiger partial charge in [-0.15, -0.1) is 0 Å². The molecule has 0 aliphatic rings. The van der Waals surface area contributed by atoms with Gasteiger partial charge in [-0.05, 0) is 28.4 Å². The van der Waals surface area contributed by atoms with Gasteiger partial charge in [-0.1, -0.05) is 30.3 Å². The highest BCUT2D eigenvalue weighted by atomic mass is 79.9. The molecule has 5 heteroatoms. The van der Waals surface area contributed by atoms with Gasteiger partial charge in [-0.2, -0.15) is 4.98 Å². The van der Waals surface area contributed by atoms with E-state index in [2.05, 4.69) is 49.9 Å². The molecule has 1 aromatic carbocycles. The van der Waals surface area contributed by atoms with Gasteiger partial charge in [0, 0.05) is 19.3 Å². The number of halogens is 1. The van der Waals surface area contributed by atoms with E-state index < -0.39 is 0 Å². The monoisotopic (exact) mass is 306 g/mol. The number of hydrogen-bond acceptors (Lipinski definition) is 4. The molecule has 0 unspecified atom stereocenters. The van der Waals surface area contributed by atoms with Crippen LogP contribution in [0.1, 0.15) is 12.5 Å². The predicted molar refractivity (Wildman–Crippen MR) is 77.3 cm³/mol. The Morgan fingerprint density at radius 2 is 2.00 bits per heavy atom. The Balaban J connectivity index is 2.26. The standard InChI is InChI=1S/C13H15BrN4/c1-2-18(9-10-6-4-3-5-7-10)12-11(14)8-16-13(15)17-12/h3-8H,2,9H2,1H3,(H2,15,16,17). The van der Waals surface area contributed by atoms with Crippen molar-refractivity contribution in [3.63, 3.8) is 0 Å². The van der Waals surface area contributed by atoms with Crippen LogP contribution in [0.15, 0.2) is 41.0 Å². The number of rotatable bonds is 4. The Morgan fingerprint density at radius 1 is 1.28 bits per heavy atom. The minimum atomic E-state index is 0.291. The summed E-state index contributed by atoms with van der Waals surface area (Å²) in [6.45, 7) is 3.74. The number of nitrogens with two attached hydrogens (primary N) is 1. The zero-order valence-corrected chi connectivity index (χ0v) is 11.8. The molecular formula is C13H15BrN4. The summed E-state index contributed by atoms with van der Waals surface area (Å²) in [6, 6.07) is 10.3. The lowest BCUT2D eigenvalue weighted by Crippen LogP contribution is -2.24. The third-order valence-electron chi connectivity index (χ3n) is 2.64. The van der Waals surface area contributed by atoms with Crippen LogP contribution in [0.25, 0.3) is 0 Å². The van der Waals surface area contributed by atoms with Crippen molar-refractivity contribution in [2.45, 2.75) is 13.5 Å². The van der Waals surface area contributed by atoms with Gasteiger partial charge in [-0.25, -0.2) is 4.98 Å². The van der Waals surface area contributed by atoms with E-state index in [0.29, 0.717) is 5.95 Å². The Kier molecular flexibility index (Phi) is 4.15. The summed E-state index contributed by atoms with van der Waals surface area (Å²) >= 11 is 3.46. The van der Waals surface area contributed by atoms with E-state index in [-0.39, 0.29) is 0 Å². The molecular weight excluding hydrogens is 292 g/mol. The molecule has 0 atom stereocenters. The fraction of sp³-hybridized carbons (Fsp3) is 0.231. The quantitative estimate of drug-likeness (QED) is 0.943. The Labute approximate surface area is 115 Å². The first-order valence-electron chi connectivity index (χ1n) is 5.77. The summed E-state index contributed by atoms with van der Waals surface area (Å²) in [7, 11) is 0. The molecule has 0 fully saturated rings. The van der Waals surface area contributed by atoms with Gasteiger partial charge in [-0.3, -0.25) is 0 Å². The van der Waals surface area contributed by atoms with Crippen molar-refractivity contribution < 1.29 is 0 Å². The van der Waals surface area contributed by atoms with Gasteiger partial charge >= 0.3 is 0 Å². The molecule has 2 N–H and O–H groups in total. The van der Waals surface area contributed by atoms with Crippen LogP contribution in [-0.2, 0) is 6.54 Å². The highest BCUT2D eigenvalue weighted by Crippen LogP contribution is 2.24. The molecule has 0 saturated heterocycles. The van der Waals surface area contributed by atoms with Gasteiger partial charge in [0.25, 0.3) is 0 Å². The summed E-state index contributed by atoms with van der Waals surface area (Å²) in [5.41, 5.74) is 6.88. The van der Waals surface area contributed by atoms with Crippen molar-refractivity contribution >= 4 is 27.7 Å². The molecule has 4 nitrogen and oxygen atoms in total. The Bertz CT molecular complexity index is 516. The third-order valence-corrected chi connectivity index (χ3v) is 3.20. The molecule has 0 amide bonds. The summed E-state index contributed by atoms with van der Waals surface area (Å²) in [4.78, 5) is 10.4. The fourth-order valence-electron chi connectivity index (χ4n) is 1.73. The van der Waals surface area contributed by atoms with Crippen molar-refractivity contribution in [2.24, 2.45) is 0 Å². The molecule has 1 heterocycles. The molecule has 0 radical (unpaired) electrons. The van der Waals surface area contributed by atoms with Crippen LogP contribution in [0.4, 0.5) is 11.8 Å². The van der Waals surface area contributed by atoms with Crippen LogP contribution >= 0.6 is 15.9 Å². The molecule has 0 aliphatic carbocycles. The molecule has 0 saturated carbocycles. The van der Waals surface area contributed by atoms with Crippen molar-refractivity contribution in [1.29, 1.82) is 0 Å². The van der Waals surface area contributed by atoms with Crippen molar-refractivity contribution in [3.05, 3.63) is 46.6 Å². The maximum absolute atomic E-state index is 5.64. The van der Waals surface area contributed by atoms with Gasteiger partial charge in [0.15, 0.2) is 0 Å². The van der Waals surface area contributed by atoms with Crippen molar-refractivity contribution in [1.82, 2.24) is 9.97 Å². The van der Waals surface area contributed by atoms with Crippen molar-refractivity contribution in [3.8, 4) is 0 Å². The topological polar surface area (TPSA) is 55.0 Å². The highest BCUT2D eigenvalue weighted by molar-refractivity contribution is 9.10. The molecule has 1 aromatic heterocycles. The number of anilines is 2. The molecule has 2 aromatic rings. The minimum Gasteiger partial charge on any atom is -0.368 e. The van der Waals surface area contributed by atoms with Gasteiger partial charge in [0.2, 0.25) is 5.95 Å². The van der Waals surface area contributed by atoms with Crippen LogP contribution in [-0.4, -0.2) is 16.5 Å². The highest BCUT2D eigenvalue weighted by Gasteiger charge is 2.11. The van der Waals surface area contributed by atoms with E-state index >= 15 is 0 Å². The average Bonchev–Trinajstić information content (AvgIpc) is 2.40. The van der Waals surface area contributed by atoms with Gasteiger partial charge < -0.3 is 10.6 Å². The second-order valence-corrected chi connectivity index (χ2v) is 4.75.